The Bertz CT molecular complexity index is 548. The summed E-state index contributed by atoms with van der Waals surface area (Å²) in [6.45, 7) is 6.12. The van der Waals surface area contributed by atoms with E-state index in [1.54, 1.807) is 13.2 Å². The van der Waals surface area contributed by atoms with E-state index >= 15 is 0 Å². The second kappa shape index (κ2) is 7.08. The molecular formula is C17H26N2O4. The lowest BCUT2D eigenvalue weighted by atomic mass is 9.86. The predicted molar refractivity (Wildman–Crippen MR) is 87.7 cm³/mol. The standard InChI is InChI=1S/C17H26N2O4/c1-17(2,3)23-16(21)19-13-7-12(8-13)18-10-11-5-6-14(22-4)9-15(11)20/h5-6,9,12-13,18,20H,7-8,10H2,1-4H3,(H,19,21). The highest BCUT2D eigenvalue weighted by molar-refractivity contribution is 5.68. The van der Waals surface area contributed by atoms with Crippen molar-refractivity contribution in [3.8, 4) is 11.5 Å². The first kappa shape index (κ1) is 17.4. The summed E-state index contributed by atoms with van der Waals surface area (Å²) in [6.07, 6.45) is 1.35. The smallest absolute Gasteiger partial charge is 0.407 e. The molecule has 23 heavy (non-hydrogen) atoms. The second-order valence-corrected chi connectivity index (χ2v) is 6.89. The predicted octanol–water partition coefficient (Wildman–Crippen LogP) is 2.55. The molecule has 1 saturated carbocycles. The van der Waals surface area contributed by atoms with Gasteiger partial charge in [-0.15, -0.1) is 0 Å². The minimum absolute atomic E-state index is 0.145. The first-order chi connectivity index (χ1) is 10.8. The number of nitrogens with one attached hydrogen (secondary N) is 2. The third-order valence-corrected chi connectivity index (χ3v) is 3.73. The fourth-order valence-corrected chi connectivity index (χ4v) is 2.45. The van der Waals surface area contributed by atoms with E-state index in [0.29, 0.717) is 18.3 Å². The van der Waals surface area contributed by atoms with Crippen LogP contribution in [0.25, 0.3) is 0 Å². The molecule has 0 atom stereocenters. The van der Waals surface area contributed by atoms with E-state index in [1.807, 2.05) is 32.9 Å². The van der Waals surface area contributed by atoms with Crippen molar-refractivity contribution in [3.63, 3.8) is 0 Å². The SMILES string of the molecule is COc1ccc(CNC2CC(NC(=O)OC(C)(C)C)C2)c(O)c1. The van der Waals surface area contributed by atoms with Crippen LogP contribution in [0.2, 0.25) is 0 Å². The topological polar surface area (TPSA) is 79.8 Å². The van der Waals surface area contributed by atoms with Crippen molar-refractivity contribution < 1.29 is 19.4 Å². The van der Waals surface area contributed by atoms with Gasteiger partial charge in [-0.2, -0.15) is 0 Å². The number of amides is 1. The van der Waals surface area contributed by atoms with Crippen LogP contribution >= 0.6 is 0 Å². The molecule has 3 N–H and O–H groups in total. The summed E-state index contributed by atoms with van der Waals surface area (Å²) in [7, 11) is 1.57. The van der Waals surface area contributed by atoms with Crippen LogP contribution in [-0.4, -0.2) is 36.0 Å². The van der Waals surface area contributed by atoms with Crippen LogP contribution in [0.5, 0.6) is 11.5 Å². The van der Waals surface area contributed by atoms with Gasteiger partial charge in [-0.3, -0.25) is 0 Å². The normalized spacial score (nSPS) is 20.5. The fraction of sp³-hybridized carbons (Fsp3) is 0.588. The molecule has 0 unspecified atom stereocenters. The minimum atomic E-state index is -0.475. The summed E-state index contributed by atoms with van der Waals surface area (Å²) in [4.78, 5) is 11.7. The van der Waals surface area contributed by atoms with Crippen LogP contribution in [0.15, 0.2) is 18.2 Å². The van der Waals surface area contributed by atoms with Crippen LogP contribution in [0.1, 0.15) is 39.2 Å². The molecule has 0 spiro atoms. The van der Waals surface area contributed by atoms with Gasteiger partial charge in [-0.1, -0.05) is 6.07 Å². The Labute approximate surface area is 137 Å². The number of benzene rings is 1. The van der Waals surface area contributed by atoms with E-state index < -0.39 is 5.60 Å². The third-order valence-electron chi connectivity index (χ3n) is 3.73. The number of hydrogen-bond donors (Lipinski definition) is 3. The Morgan fingerprint density at radius 2 is 2.00 bits per heavy atom. The maximum Gasteiger partial charge on any atom is 0.407 e. The fourth-order valence-electron chi connectivity index (χ4n) is 2.45. The van der Waals surface area contributed by atoms with Gasteiger partial charge in [0.2, 0.25) is 0 Å². The zero-order chi connectivity index (χ0) is 17.0. The molecule has 6 nitrogen and oxygen atoms in total. The first-order valence-corrected chi connectivity index (χ1v) is 7.85. The van der Waals surface area contributed by atoms with Crippen molar-refractivity contribution in [2.45, 2.75) is 57.8 Å². The number of hydrogen-bond acceptors (Lipinski definition) is 5. The maximum atomic E-state index is 11.7. The zero-order valence-electron chi connectivity index (χ0n) is 14.2. The minimum Gasteiger partial charge on any atom is -0.507 e. The number of methoxy groups -OCH3 is 1. The van der Waals surface area contributed by atoms with Crippen LogP contribution in [-0.2, 0) is 11.3 Å². The molecule has 128 valence electrons. The largest absolute Gasteiger partial charge is 0.507 e. The van der Waals surface area contributed by atoms with Crippen LogP contribution in [0.3, 0.4) is 0 Å². The average molecular weight is 322 g/mol. The Hall–Kier alpha value is -1.95. The Balaban J connectivity index is 1.69. The van der Waals surface area contributed by atoms with Crippen molar-refractivity contribution in [1.82, 2.24) is 10.6 Å². The summed E-state index contributed by atoms with van der Waals surface area (Å²) in [5.41, 5.74) is 0.353. The van der Waals surface area contributed by atoms with Gasteiger partial charge in [0, 0.05) is 30.3 Å². The first-order valence-electron chi connectivity index (χ1n) is 7.85. The number of ether oxygens (including phenoxy) is 2. The molecule has 0 aliphatic heterocycles. The molecule has 0 radical (unpaired) electrons. The maximum absolute atomic E-state index is 11.7. The number of rotatable bonds is 5. The highest BCUT2D eigenvalue weighted by Gasteiger charge is 2.31. The van der Waals surface area contributed by atoms with Gasteiger partial charge in [-0.05, 0) is 39.7 Å². The van der Waals surface area contributed by atoms with Gasteiger partial charge in [-0.25, -0.2) is 4.79 Å². The van der Waals surface area contributed by atoms with Crippen molar-refractivity contribution >= 4 is 6.09 Å². The lowest BCUT2D eigenvalue weighted by Gasteiger charge is -2.36. The van der Waals surface area contributed by atoms with Crippen LogP contribution < -0.4 is 15.4 Å². The number of carbonyl (C=O) groups excluding carboxylic acids is 1. The van der Waals surface area contributed by atoms with E-state index in [4.69, 9.17) is 9.47 Å². The highest BCUT2D eigenvalue weighted by Crippen LogP contribution is 2.25. The second-order valence-electron chi connectivity index (χ2n) is 6.89. The molecule has 2 rings (SSSR count). The Morgan fingerprint density at radius 1 is 1.30 bits per heavy atom. The molecule has 0 heterocycles. The molecule has 1 aliphatic carbocycles. The van der Waals surface area contributed by atoms with Crippen LogP contribution in [0.4, 0.5) is 4.79 Å². The number of carbonyl (C=O) groups is 1. The molecule has 6 heteroatoms. The molecule has 1 aromatic rings. The van der Waals surface area contributed by atoms with Gasteiger partial charge in [0.15, 0.2) is 0 Å². The monoisotopic (exact) mass is 322 g/mol. The average Bonchev–Trinajstić information content (AvgIpc) is 2.40. The summed E-state index contributed by atoms with van der Waals surface area (Å²) < 4.78 is 10.3. The summed E-state index contributed by atoms with van der Waals surface area (Å²) in [5.74, 6) is 0.858. The molecular weight excluding hydrogens is 296 g/mol. The Morgan fingerprint density at radius 3 is 2.57 bits per heavy atom. The van der Waals surface area contributed by atoms with Gasteiger partial charge in [0.1, 0.15) is 17.1 Å². The summed E-state index contributed by atoms with van der Waals surface area (Å²) in [5, 5.41) is 16.1. The Kier molecular flexibility index (Phi) is 5.36. The van der Waals surface area contributed by atoms with E-state index in [2.05, 4.69) is 10.6 Å². The number of aromatic hydroxyl groups is 1. The highest BCUT2D eigenvalue weighted by atomic mass is 16.6. The quantitative estimate of drug-likeness (QED) is 0.776. The van der Waals surface area contributed by atoms with Crippen molar-refractivity contribution in [2.75, 3.05) is 7.11 Å². The number of phenols is 1. The van der Waals surface area contributed by atoms with Gasteiger partial charge >= 0.3 is 6.09 Å². The van der Waals surface area contributed by atoms with Crippen molar-refractivity contribution in [3.05, 3.63) is 23.8 Å². The molecule has 0 aromatic heterocycles. The molecule has 1 aliphatic rings. The van der Waals surface area contributed by atoms with Crippen molar-refractivity contribution in [2.24, 2.45) is 0 Å². The zero-order valence-corrected chi connectivity index (χ0v) is 14.2. The van der Waals surface area contributed by atoms with E-state index in [-0.39, 0.29) is 17.9 Å². The summed E-state index contributed by atoms with van der Waals surface area (Å²) >= 11 is 0. The number of phenolic OH excluding ortho intramolecular Hbond substituents is 1. The van der Waals surface area contributed by atoms with E-state index in [9.17, 15) is 9.90 Å². The molecule has 0 saturated heterocycles. The van der Waals surface area contributed by atoms with Crippen LogP contribution in [0, 0.1) is 0 Å². The lowest BCUT2D eigenvalue weighted by molar-refractivity contribution is 0.0465. The third kappa shape index (κ3) is 5.32. The molecule has 1 amide bonds. The molecule has 1 aromatic carbocycles. The molecule has 0 bridgehead atoms. The summed E-state index contributed by atoms with van der Waals surface area (Å²) in [6, 6.07) is 5.74. The van der Waals surface area contributed by atoms with E-state index in [1.165, 1.54) is 0 Å². The van der Waals surface area contributed by atoms with Gasteiger partial charge in [0.25, 0.3) is 0 Å². The lowest BCUT2D eigenvalue weighted by Crippen LogP contribution is -2.52. The van der Waals surface area contributed by atoms with Crippen molar-refractivity contribution in [1.29, 1.82) is 0 Å². The molecule has 1 fully saturated rings. The van der Waals surface area contributed by atoms with E-state index in [0.717, 1.165) is 18.4 Å². The number of alkyl carbamates (subject to hydrolysis) is 1. The van der Waals surface area contributed by atoms with Gasteiger partial charge in [0.05, 0.1) is 7.11 Å². The van der Waals surface area contributed by atoms with Gasteiger partial charge < -0.3 is 25.2 Å².